The summed E-state index contributed by atoms with van der Waals surface area (Å²) in [4.78, 5) is 2.47. The lowest BCUT2D eigenvalue weighted by atomic mass is 10.3. The van der Waals surface area contributed by atoms with Crippen LogP contribution >= 0.6 is 0 Å². The predicted molar refractivity (Wildman–Crippen MR) is 52.5 cm³/mol. The fraction of sp³-hybridized carbons (Fsp3) is 0.700. The van der Waals surface area contributed by atoms with E-state index in [1.807, 2.05) is 11.7 Å². The zero-order valence-electron chi connectivity index (χ0n) is 8.45. The first-order chi connectivity index (χ1) is 6.25. The van der Waals surface area contributed by atoms with Crippen molar-refractivity contribution in [3.63, 3.8) is 0 Å². The molecule has 0 unspecified atom stereocenters. The van der Waals surface area contributed by atoms with Gasteiger partial charge in [-0.3, -0.25) is 9.58 Å². The van der Waals surface area contributed by atoms with Crippen LogP contribution in [0, 0.1) is 6.92 Å². The molecule has 0 atom stereocenters. The third-order valence-corrected chi connectivity index (χ3v) is 2.75. The van der Waals surface area contributed by atoms with Crippen LogP contribution < -0.4 is 0 Å². The molecule has 0 aromatic carbocycles. The first-order valence-electron chi connectivity index (χ1n) is 4.97. The molecule has 0 aliphatic carbocycles. The van der Waals surface area contributed by atoms with Gasteiger partial charge in [0, 0.05) is 19.3 Å². The molecule has 0 spiro atoms. The van der Waals surface area contributed by atoms with E-state index < -0.39 is 0 Å². The summed E-state index contributed by atoms with van der Waals surface area (Å²) < 4.78 is 1.95. The van der Waals surface area contributed by atoms with Gasteiger partial charge in [0.25, 0.3) is 0 Å². The normalized spacial score (nSPS) is 18.3. The minimum atomic E-state index is 1.03. The number of hydrogen-bond acceptors (Lipinski definition) is 2. The molecule has 0 radical (unpaired) electrons. The third kappa shape index (κ3) is 1.91. The summed E-state index contributed by atoms with van der Waals surface area (Å²) in [6.07, 6.45) is 2.71. The largest absolute Gasteiger partial charge is 0.297 e. The van der Waals surface area contributed by atoms with Gasteiger partial charge in [0.05, 0.1) is 5.69 Å². The zero-order valence-corrected chi connectivity index (χ0v) is 8.45. The highest BCUT2D eigenvalue weighted by atomic mass is 15.3. The van der Waals surface area contributed by atoms with Gasteiger partial charge in [-0.25, -0.2) is 0 Å². The third-order valence-electron chi connectivity index (χ3n) is 2.75. The van der Waals surface area contributed by atoms with Gasteiger partial charge in [-0.1, -0.05) is 0 Å². The van der Waals surface area contributed by atoms with Crippen LogP contribution in [0.3, 0.4) is 0 Å². The summed E-state index contributed by atoms with van der Waals surface area (Å²) in [6, 6.07) is 2.18. The molecule has 1 saturated heterocycles. The Hall–Kier alpha value is -0.830. The summed E-state index contributed by atoms with van der Waals surface area (Å²) in [5.74, 6) is 0. The van der Waals surface area contributed by atoms with Crippen LogP contribution in [-0.4, -0.2) is 27.8 Å². The van der Waals surface area contributed by atoms with Crippen LogP contribution in [0.4, 0.5) is 0 Å². The second-order valence-electron chi connectivity index (χ2n) is 3.88. The van der Waals surface area contributed by atoms with Gasteiger partial charge in [0.1, 0.15) is 0 Å². The van der Waals surface area contributed by atoms with Gasteiger partial charge >= 0.3 is 0 Å². The van der Waals surface area contributed by atoms with Crippen LogP contribution in [0.2, 0.25) is 0 Å². The zero-order chi connectivity index (χ0) is 9.26. The van der Waals surface area contributed by atoms with E-state index in [1.165, 1.54) is 37.3 Å². The predicted octanol–water partition coefficient (Wildman–Crippen LogP) is 1.32. The van der Waals surface area contributed by atoms with Gasteiger partial charge in [0.2, 0.25) is 0 Å². The molecule has 1 aromatic heterocycles. The maximum absolute atomic E-state index is 4.45. The average Bonchev–Trinajstić information content (AvgIpc) is 2.64. The molecule has 1 aliphatic heterocycles. The fourth-order valence-corrected chi connectivity index (χ4v) is 1.88. The van der Waals surface area contributed by atoms with Gasteiger partial charge in [-0.05, 0) is 38.9 Å². The molecule has 0 N–H and O–H groups in total. The monoisotopic (exact) mass is 179 g/mol. The fourth-order valence-electron chi connectivity index (χ4n) is 1.88. The number of aromatic nitrogens is 2. The van der Waals surface area contributed by atoms with E-state index in [9.17, 15) is 0 Å². The van der Waals surface area contributed by atoms with Crippen LogP contribution in [-0.2, 0) is 13.6 Å². The first-order valence-corrected chi connectivity index (χ1v) is 4.97. The summed E-state index contributed by atoms with van der Waals surface area (Å²) in [5, 5.41) is 4.45. The minimum Gasteiger partial charge on any atom is -0.297 e. The quantitative estimate of drug-likeness (QED) is 0.683. The summed E-state index contributed by atoms with van der Waals surface area (Å²) >= 11 is 0. The van der Waals surface area contributed by atoms with E-state index in [4.69, 9.17) is 0 Å². The SMILES string of the molecule is Cc1cc(CN2CCCC2)nn1C. The molecule has 72 valence electrons. The van der Waals surface area contributed by atoms with Gasteiger partial charge in [-0.15, -0.1) is 0 Å². The molecule has 1 aromatic rings. The highest BCUT2D eigenvalue weighted by Crippen LogP contribution is 2.12. The molecule has 0 saturated carbocycles. The van der Waals surface area contributed by atoms with E-state index in [0.29, 0.717) is 0 Å². The van der Waals surface area contributed by atoms with Crippen molar-refractivity contribution >= 4 is 0 Å². The van der Waals surface area contributed by atoms with Crippen molar-refractivity contribution in [2.75, 3.05) is 13.1 Å². The van der Waals surface area contributed by atoms with Crippen molar-refractivity contribution in [3.8, 4) is 0 Å². The smallest absolute Gasteiger partial charge is 0.0767 e. The average molecular weight is 179 g/mol. The Kier molecular flexibility index (Phi) is 2.36. The Balaban J connectivity index is 2.00. The van der Waals surface area contributed by atoms with E-state index in [-0.39, 0.29) is 0 Å². The summed E-state index contributed by atoms with van der Waals surface area (Å²) in [5.41, 5.74) is 2.45. The van der Waals surface area contributed by atoms with Crippen LogP contribution in [0.1, 0.15) is 24.2 Å². The van der Waals surface area contributed by atoms with E-state index in [1.54, 1.807) is 0 Å². The second kappa shape index (κ2) is 3.50. The molecule has 0 bridgehead atoms. The lowest BCUT2D eigenvalue weighted by molar-refractivity contribution is 0.326. The van der Waals surface area contributed by atoms with Crippen molar-refractivity contribution in [2.45, 2.75) is 26.3 Å². The molecule has 13 heavy (non-hydrogen) atoms. The molecule has 1 aliphatic rings. The number of aryl methyl sites for hydroxylation is 2. The summed E-state index contributed by atoms with van der Waals surface area (Å²) in [7, 11) is 2.00. The number of hydrogen-bond donors (Lipinski definition) is 0. The van der Waals surface area contributed by atoms with Crippen molar-refractivity contribution < 1.29 is 0 Å². The van der Waals surface area contributed by atoms with Crippen LogP contribution in [0.5, 0.6) is 0 Å². The van der Waals surface area contributed by atoms with Crippen molar-refractivity contribution in [1.29, 1.82) is 0 Å². The number of nitrogens with zero attached hydrogens (tertiary/aromatic N) is 3. The van der Waals surface area contributed by atoms with E-state index in [2.05, 4.69) is 23.0 Å². The van der Waals surface area contributed by atoms with Crippen LogP contribution in [0.25, 0.3) is 0 Å². The molecule has 3 nitrogen and oxygen atoms in total. The van der Waals surface area contributed by atoms with Crippen LogP contribution in [0.15, 0.2) is 6.07 Å². The maximum atomic E-state index is 4.45. The molecule has 3 heteroatoms. The van der Waals surface area contributed by atoms with Gasteiger partial charge in [0.15, 0.2) is 0 Å². The number of rotatable bonds is 2. The van der Waals surface area contributed by atoms with Crippen molar-refractivity contribution in [1.82, 2.24) is 14.7 Å². The molecular formula is C10H17N3. The van der Waals surface area contributed by atoms with Gasteiger partial charge in [-0.2, -0.15) is 5.10 Å². The lowest BCUT2D eigenvalue weighted by Gasteiger charge is -2.11. The second-order valence-corrected chi connectivity index (χ2v) is 3.88. The molecular weight excluding hydrogens is 162 g/mol. The summed E-state index contributed by atoms with van der Waals surface area (Å²) in [6.45, 7) is 5.62. The molecule has 2 heterocycles. The Morgan fingerprint density at radius 3 is 2.62 bits per heavy atom. The maximum Gasteiger partial charge on any atom is 0.0767 e. The Morgan fingerprint density at radius 2 is 2.08 bits per heavy atom. The van der Waals surface area contributed by atoms with E-state index >= 15 is 0 Å². The molecule has 0 amide bonds. The Bertz CT molecular complexity index is 265. The molecule has 1 fully saturated rings. The van der Waals surface area contributed by atoms with Gasteiger partial charge < -0.3 is 0 Å². The van der Waals surface area contributed by atoms with E-state index in [0.717, 1.165) is 6.54 Å². The highest BCUT2D eigenvalue weighted by molar-refractivity contribution is 5.08. The topological polar surface area (TPSA) is 21.1 Å². The minimum absolute atomic E-state index is 1.03. The standard InChI is InChI=1S/C10H17N3/c1-9-7-10(11-12(9)2)8-13-5-3-4-6-13/h7H,3-6,8H2,1-2H3. The number of likely N-dealkylation sites (tertiary alicyclic amines) is 1. The Morgan fingerprint density at radius 1 is 1.38 bits per heavy atom. The first kappa shape index (κ1) is 8.75. The van der Waals surface area contributed by atoms with Crippen molar-refractivity contribution in [3.05, 3.63) is 17.5 Å². The Labute approximate surface area is 79.3 Å². The lowest BCUT2D eigenvalue weighted by Crippen LogP contribution is -2.18. The van der Waals surface area contributed by atoms with Crippen molar-refractivity contribution in [2.24, 2.45) is 7.05 Å². The molecule has 2 rings (SSSR count). The highest BCUT2D eigenvalue weighted by Gasteiger charge is 2.13.